The predicted octanol–water partition coefficient (Wildman–Crippen LogP) is 10.6. The van der Waals surface area contributed by atoms with Gasteiger partial charge in [-0.25, -0.2) is 0 Å². The van der Waals surface area contributed by atoms with Gasteiger partial charge in [-0.1, -0.05) is 110 Å². The molecule has 41 heavy (non-hydrogen) atoms. The van der Waals surface area contributed by atoms with Gasteiger partial charge in [0.25, 0.3) is 0 Å². The summed E-state index contributed by atoms with van der Waals surface area (Å²) in [6, 6.07) is 27.5. The van der Waals surface area contributed by atoms with Crippen molar-refractivity contribution < 1.29 is 5.11 Å². The molecule has 1 N–H and O–H groups in total. The standard InChI is InChI=1S/C40H48O/c1-28-10-12-29(13-11-28)33-6-4-7-34(26-33)30-14-20-37(21-15-30)40(2,3)38-22-16-31(17-23-38)35-8-5-9-36(27-35)32-18-24-39(41)25-19-32/h4-13,18-19,24,26-27,30-31,37-39,41H,14-17,20-23,25H2,1-3H3. The maximum absolute atomic E-state index is 9.81. The smallest absolute Gasteiger partial charge is 0.0758 e. The van der Waals surface area contributed by atoms with Crippen molar-refractivity contribution in [2.75, 3.05) is 0 Å². The number of aliphatic hydroxyl groups is 1. The third-order valence-electron chi connectivity index (χ3n) is 11.1. The van der Waals surface area contributed by atoms with E-state index in [9.17, 15) is 5.11 Å². The second kappa shape index (κ2) is 12.1. The first kappa shape index (κ1) is 28.2. The highest BCUT2D eigenvalue weighted by atomic mass is 16.3. The minimum absolute atomic E-state index is 0.328. The Morgan fingerprint density at radius 1 is 0.634 bits per heavy atom. The molecule has 2 fully saturated rings. The van der Waals surface area contributed by atoms with Crippen LogP contribution in [0, 0.1) is 24.2 Å². The van der Waals surface area contributed by atoms with Crippen LogP contribution in [0.1, 0.15) is 106 Å². The fourth-order valence-corrected chi connectivity index (χ4v) is 8.19. The molecule has 0 aromatic heterocycles. The van der Waals surface area contributed by atoms with Crippen LogP contribution in [-0.4, -0.2) is 11.2 Å². The Morgan fingerprint density at radius 2 is 1.17 bits per heavy atom. The van der Waals surface area contributed by atoms with Crippen LogP contribution in [0.2, 0.25) is 0 Å². The van der Waals surface area contributed by atoms with Crippen LogP contribution in [0.3, 0.4) is 0 Å². The van der Waals surface area contributed by atoms with E-state index >= 15 is 0 Å². The van der Waals surface area contributed by atoms with E-state index in [1.807, 2.05) is 6.08 Å². The van der Waals surface area contributed by atoms with Crippen LogP contribution in [0.15, 0.2) is 91.0 Å². The fourth-order valence-electron chi connectivity index (χ4n) is 8.19. The van der Waals surface area contributed by atoms with Gasteiger partial charge in [0.05, 0.1) is 6.10 Å². The molecular weight excluding hydrogens is 496 g/mol. The lowest BCUT2D eigenvalue weighted by Gasteiger charge is -2.47. The molecule has 1 nitrogen and oxygen atoms in total. The van der Waals surface area contributed by atoms with E-state index in [1.54, 1.807) is 0 Å². The van der Waals surface area contributed by atoms with E-state index < -0.39 is 0 Å². The van der Waals surface area contributed by atoms with E-state index in [1.165, 1.54) is 90.3 Å². The van der Waals surface area contributed by atoms with Gasteiger partial charge in [0, 0.05) is 0 Å². The Labute approximate surface area is 248 Å². The summed E-state index contributed by atoms with van der Waals surface area (Å²) in [5, 5.41) is 9.81. The third-order valence-corrected chi connectivity index (χ3v) is 11.1. The zero-order valence-corrected chi connectivity index (χ0v) is 25.4. The molecule has 3 aliphatic rings. The molecule has 3 aromatic carbocycles. The second-order valence-corrected chi connectivity index (χ2v) is 13.9. The number of hydrogen-bond acceptors (Lipinski definition) is 1. The second-order valence-electron chi connectivity index (χ2n) is 13.9. The first-order chi connectivity index (χ1) is 19.9. The summed E-state index contributed by atoms with van der Waals surface area (Å²) in [6.07, 6.45) is 17.3. The van der Waals surface area contributed by atoms with Crippen LogP contribution in [0.5, 0.6) is 0 Å². The van der Waals surface area contributed by atoms with Crippen molar-refractivity contribution in [2.45, 2.75) is 96.5 Å². The molecule has 0 heterocycles. The zero-order chi connectivity index (χ0) is 28.4. The van der Waals surface area contributed by atoms with E-state index in [0.717, 1.165) is 18.3 Å². The lowest BCUT2D eigenvalue weighted by molar-refractivity contribution is 0.0513. The number of hydrogen-bond donors (Lipinski definition) is 1. The van der Waals surface area contributed by atoms with Crippen LogP contribution >= 0.6 is 0 Å². The molecule has 6 rings (SSSR count). The summed E-state index contributed by atoms with van der Waals surface area (Å²) in [5.41, 5.74) is 10.0. The van der Waals surface area contributed by atoms with Gasteiger partial charge in [-0.15, -0.1) is 0 Å². The minimum atomic E-state index is -0.328. The normalized spacial score (nSPS) is 26.9. The van der Waals surface area contributed by atoms with Gasteiger partial charge in [0.2, 0.25) is 0 Å². The topological polar surface area (TPSA) is 20.2 Å². The Balaban J connectivity index is 1.04. The summed E-state index contributed by atoms with van der Waals surface area (Å²) < 4.78 is 0. The Kier molecular flexibility index (Phi) is 8.36. The summed E-state index contributed by atoms with van der Waals surface area (Å²) in [7, 11) is 0. The number of aryl methyl sites for hydroxylation is 1. The quantitative estimate of drug-likeness (QED) is 0.327. The molecular formula is C40H48O. The average Bonchev–Trinajstić information content (AvgIpc) is 3.02. The molecule has 214 valence electrons. The monoisotopic (exact) mass is 544 g/mol. The minimum Gasteiger partial charge on any atom is -0.389 e. The Bertz CT molecular complexity index is 1370. The maximum Gasteiger partial charge on any atom is 0.0758 e. The van der Waals surface area contributed by atoms with E-state index in [2.05, 4.69) is 106 Å². The molecule has 3 aromatic rings. The van der Waals surface area contributed by atoms with Crippen molar-refractivity contribution >= 4 is 5.57 Å². The van der Waals surface area contributed by atoms with Gasteiger partial charge in [-0.05, 0) is 127 Å². The number of rotatable bonds is 6. The summed E-state index contributed by atoms with van der Waals surface area (Å²) >= 11 is 0. The van der Waals surface area contributed by atoms with Gasteiger partial charge in [-0.2, -0.15) is 0 Å². The summed E-state index contributed by atoms with van der Waals surface area (Å²) in [4.78, 5) is 0. The Hall–Kier alpha value is -2.90. The van der Waals surface area contributed by atoms with E-state index in [-0.39, 0.29) is 6.10 Å². The molecule has 3 aliphatic carbocycles. The molecule has 2 saturated carbocycles. The van der Waals surface area contributed by atoms with Crippen LogP contribution < -0.4 is 0 Å². The number of allylic oxidation sites excluding steroid dienone is 2. The van der Waals surface area contributed by atoms with Crippen molar-refractivity contribution in [2.24, 2.45) is 17.3 Å². The number of benzene rings is 3. The summed E-state index contributed by atoms with van der Waals surface area (Å²) in [5.74, 6) is 3.05. The molecule has 0 bridgehead atoms. The molecule has 0 spiro atoms. The van der Waals surface area contributed by atoms with Crippen LogP contribution in [0.4, 0.5) is 0 Å². The SMILES string of the molecule is Cc1ccc(-c2cccc(C3CCC(C(C)(C)C4CCC(c5cccc(C6=CCC(O)C=C6)c5)CC4)CC3)c2)cc1. The highest BCUT2D eigenvalue weighted by Gasteiger charge is 2.40. The molecule has 1 unspecified atom stereocenters. The molecule has 1 atom stereocenters. The van der Waals surface area contributed by atoms with Gasteiger partial charge in [0.1, 0.15) is 0 Å². The molecule has 0 amide bonds. The average molecular weight is 545 g/mol. The van der Waals surface area contributed by atoms with Crippen molar-refractivity contribution in [3.8, 4) is 11.1 Å². The van der Waals surface area contributed by atoms with Gasteiger partial charge >= 0.3 is 0 Å². The van der Waals surface area contributed by atoms with Crippen LogP contribution in [0.25, 0.3) is 16.7 Å². The van der Waals surface area contributed by atoms with Crippen molar-refractivity contribution in [3.05, 3.63) is 113 Å². The van der Waals surface area contributed by atoms with Crippen molar-refractivity contribution in [3.63, 3.8) is 0 Å². The molecule has 0 aliphatic heterocycles. The molecule has 1 heteroatoms. The van der Waals surface area contributed by atoms with Gasteiger partial charge in [0.15, 0.2) is 0 Å². The summed E-state index contributed by atoms with van der Waals surface area (Å²) in [6.45, 7) is 7.35. The lowest BCUT2D eigenvalue weighted by atomic mass is 9.58. The van der Waals surface area contributed by atoms with Crippen molar-refractivity contribution in [1.82, 2.24) is 0 Å². The molecule has 0 saturated heterocycles. The van der Waals surface area contributed by atoms with Gasteiger partial charge in [-0.3, -0.25) is 0 Å². The Morgan fingerprint density at radius 3 is 1.71 bits per heavy atom. The first-order valence-electron chi connectivity index (χ1n) is 16.2. The fraction of sp³-hybridized carbons (Fsp3) is 0.450. The third kappa shape index (κ3) is 6.31. The maximum atomic E-state index is 9.81. The highest BCUT2D eigenvalue weighted by Crippen LogP contribution is 2.52. The number of aliphatic hydroxyl groups excluding tert-OH is 1. The van der Waals surface area contributed by atoms with Crippen LogP contribution in [-0.2, 0) is 0 Å². The highest BCUT2D eigenvalue weighted by molar-refractivity contribution is 5.75. The zero-order valence-electron chi connectivity index (χ0n) is 25.4. The lowest BCUT2D eigenvalue weighted by Crippen LogP contribution is -2.36. The first-order valence-corrected chi connectivity index (χ1v) is 16.2. The van der Waals surface area contributed by atoms with E-state index in [4.69, 9.17) is 0 Å². The van der Waals surface area contributed by atoms with E-state index in [0.29, 0.717) is 17.3 Å². The molecule has 0 radical (unpaired) electrons. The largest absolute Gasteiger partial charge is 0.389 e. The predicted molar refractivity (Wildman–Crippen MR) is 174 cm³/mol. The van der Waals surface area contributed by atoms with Crippen molar-refractivity contribution in [1.29, 1.82) is 0 Å². The van der Waals surface area contributed by atoms with Gasteiger partial charge < -0.3 is 5.11 Å².